The molecule has 0 N–H and O–H groups in total. The number of hydrogen-bond acceptors (Lipinski definition) is 0. The fourth-order valence-corrected chi connectivity index (χ4v) is 2.26. The molecule has 0 aromatic carbocycles. The summed E-state index contributed by atoms with van der Waals surface area (Å²) >= 11 is 0. The van der Waals surface area contributed by atoms with E-state index in [1.54, 1.807) is 0 Å². The molecular formula is C15H32. The highest BCUT2D eigenvalue weighted by Crippen LogP contribution is 2.33. The lowest BCUT2D eigenvalue weighted by Crippen LogP contribution is -2.16. The summed E-state index contributed by atoms with van der Waals surface area (Å²) in [5.41, 5.74) is 0.562. The minimum Gasteiger partial charge on any atom is -0.0654 e. The summed E-state index contributed by atoms with van der Waals surface area (Å²) in [6.45, 7) is 11.8. The van der Waals surface area contributed by atoms with Gasteiger partial charge < -0.3 is 0 Å². The van der Waals surface area contributed by atoms with Crippen molar-refractivity contribution in [2.45, 2.75) is 86.0 Å². The zero-order valence-electron chi connectivity index (χ0n) is 11.7. The summed E-state index contributed by atoms with van der Waals surface area (Å²) in [7, 11) is 0. The normalized spacial score (nSPS) is 12.4. The third kappa shape index (κ3) is 7.88. The molecule has 92 valence electrons. The first-order valence-corrected chi connectivity index (χ1v) is 7.05. The molecule has 0 spiro atoms. The predicted octanol–water partition coefficient (Wildman–Crippen LogP) is 5.81. The molecule has 0 aromatic rings. The molecule has 15 heavy (non-hydrogen) atoms. The summed E-state index contributed by atoms with van der Waals surface area (Å²) in [4.78, 5) is 0. The predicted molar refractivity (Wildman–Crippen MR) is 71.2 cm³/mol. The highest BCUT2D eigenvalue weighted by Gasteiger charge is 2.20. The zero-order valence-corrected chi connectivity index (χ0v) is 11.7. The van der Waals surface area contributed by atoms with E-state index in [2.05, 4.69) is 34.6 Å². The van der Waals surface area contributed by atoms with Crippen LogP contribution in [0.2, 0.25) is 0 Å². The molecular weight excluding hydrogens is 180 g/mol. The highest BCUT2D eigenvalue weighted by molar-refractivity contribution is 4.72. The molecule has 0 atom stereocenters. The van der Waals surface area contributed by atoms with Gasteiger partial charge in [0.15, 0.2) is 0 Å². The van der Waals surface area contributed by atoms with Crippen molar-refractivity contribution in [2.24, 2.45) is 11.3 Å². The average molecular weight is 212 g/mol. The van der Waals surface area contributed by atoms with E-state index >= 15 is 0 Å². The Balaban J connectivity index is 3.98. The largest absolute Gasteiger partial charge is 0.0654 e. The van der Waals surface area contributed by atoms with Gasteiger partial charge >= 0.3 is 0 Å². The second-order valence-corrected chi connectivity index (χ2v) is 5.87. The third-order valence-electron chi connectivity index (χ3n) is 3.73. The van der Waals surface area contributed by atoms with E-state index in [9.17, 15) is 0 Å². The minimum absolute atomic E-state index is 0.562. The molecule has 0 nitrogen and oxygen atoms in total. The molecule has 0 saturated heterocycles. The number of rotatable bonds is 9. The van der Waals surface area contributed by atoms with Gasteiger partial charge in [0, 0.05) is 0 Å². The van der Waals surface area contributed by atoms with Crippen molar-refractivity contribution in [1.82, 2.24) is 0 Å². The maximum atomic E-state index is 2.43. The van der Waals surface area contributed by atoms with Crippen LogP contribution in [0.1, 0.15) is 86.0 Å². The monoisotopic (exact) mass is 212 g/mol. The topological polar surface area (TPSA) is 0 Å². The molecule has 0 aliphatic carbocycles. The van der Waals surface area contributed by atoms with Gasteiger partial charge in [0.1, 0.15) is 0 Å². The lowest BCUT2D eigenvalue weighted by Gasteiger charge is -2.28. The van der Waals surface area contributed by atoms with Crippen LogP contribution in [0, 0.1) is 11.3 Å². The van der Waals surface area contributed by atoms with Crippen molar-refractivity contribution in [3.8, 4) is 0 Å². The van der Waals surface area contributed by atoms with Crippen LogP contribution >= 0.6 is 0 Å². The van der Waals surface area contributed by atoms with Crippen LogP contribution in [-0.4, -0.2) is 0 Å². The second kappa shape index (κ2) is 8.19. The Labute approximate surface area is 97.8 Å². The van der Waals surface area contributed by atoms with Crippen molar-refractivity contribution in [1.29, 1.82) is 0 Å². The molecule has 0 fully saturated rings. The number of unbranched alkanes of at least 4 members (excludes halogenated alkanes) is 2. The van der Waals surface area contributed by atoms with Gasteiger partial charge in [0.2, 0.25) is 0 Å². The maximum Gasteiger partial charge on any atom is -0.0354 e. The first kappa shape index (κ1) is 15.0. The molecule has 0 aromatic heterocycles. The summed E-state index contributed by atoms with van der Waals surface area (Å²) in [6, 6.07) is 0. The maximum absolute atomic E-state index is 2.43. The lowest BCUT2D eigenvalue weighted by molar-refractivity contribution is 0.233. The van der Waals surface area contributed by atoms with Gasteiger partial charge in [-0.05, 0) is 17.8 Å². The van der Waals surface area contributed by atoms with Gasteiger partial charge in [-0.1, -0.05) is 79.6 Å². The van der Waals surface area contributed by atoms with Crippen LogP contribution < -0.4 is 0 Å². The fourth-order valence-electron chi connectivity index (χ4n) is 2.26. The van der Waals surface area contributed by atoms with Gasteiger partial charge in [-0.2, -0.15) is 0 Å². The lowest BCUT2D eigenvalue weighted by atomic mass is 9.77. The van der Waals surface area contributed by atoms with Gasteiger partial charge in [-0.15, -0.1) is 0 Å². The van der Waals surface area contributed by atoms with E-state index in [0.717, 1.165) is 5.92 Å². The molecule has 0 aliphatic rings. The van der Waals surface area contributed by atoms with E-state index < -0.39 is 0 Å². The summed E-state index contributed by atoms with van der Waals surface area (Å²) < 4.78 is 0. The summed E-state index contributed by atoms with van der Waals surface area (Å²) in [5.74, 6) is 0.986. The Bertz CT molecular complexity index is 127. The van der Waals surface area contributed by atoms with Crippen molar-refractivity contribution in [2.75, 3.05) is 0 Å². The van der Waals surface area contributed by atoms with E-state index in [1.807, 2.05) is 0 Å². The molecule has 0 radical (unpaired) electrons. The molecule has 0 heteroatoms. The Morgan fingerprint density at radius 1 is 0.867 bits per heavy atom. The standard InChI is InChI=1S/C15H32/c1-6-9-11-14(12-10-7-2)13-15(4,5)8-3/h14H,6-13H2,1-5H3. The van der Waals surface area contributed by atoms with Crippen molar-refractivity contribution in [3.05, 3.63) is 0 Å². The zero-order chi connectivity index (χ0) is 11.7. The van der Waals surface area contributed by atoms with Crippen molar-refractivity contribution in [3.63, 3.8) is 0 Å². The van der Waals surface area contributed by atoms with Crippen LogP contribution in [-0.2, 0) is 0 Å². The number of hydrogen-bond donors (Lipinski definition) is 0. The van der Waals surface area contributed by atoms with Crippen LogP contribution in [0.15, 0.2) is 0 Å². The first-order chi connectivity index (χ1) is 7.05. The SMILES string of the molecule is CCCCC(CCCC)CC(C)(C)CC. The molecule has 0 bridgehead atoms. The Kier molecular flexibility index (Phi) is 8.19. The first-order valence-electron chi connectivity index (χ1n) is 7.05. The van der Waals surface area contributed by atoms with E-state index in [4.69, 9.17) is 0 Å². The van der Waals surface area contributed by atoms with Crippen molar-refractivity contribution < 1.29 is 0 Å². The fraction of sp³-hybridized carbons (Fsp3) is 1.00. The van der Waals surface area contributed by atoms with Crippen LogP contribution in [0.25, 0.3) is 0 Å². The quantitative estimate of drug-likeness (QED) is 0.452. The van der Waals surface area contributed by atoms with Gasteiger partial charge in [0.25, 0.3) is 0 Å². The Morgan fingerprint density at radius 3 is 1.67 bits per heavy atom. The van der Waals surface area contributed by atoms with Gasteiger partial charge in [0.05, 0.1) is 0 Å². The van der Waals surface area contributed by atoms with Crippen LogP contribution in [0.3, 0.4) is 0 Å². The molecule has 0 aliphatic heterocycles. The summed E-state index contributed by atoms with van der Waals surface area (Å²) in [6.07, 6.45) is 11.2. The molecule has 0 rings (SSSR count). The average Bonchev–Trinajstić information content (AvgIpc) is 2.22. The third-order valence-corrected chi connectivity index (χ3v) is 3.73. The van der Waals surface area contributed by atoms with Crippen molar-refractivity contribution >= 4 is 0 Å². The molecule has 0 saturated carbocycles. The summed E-state index contributed by atoms with van der Waals surface area (Å²) in [5, 5.41) is 0. The van der Waals surface area contributed by atoms with E-state index in [0.29, 0.717) is 5.41 Å². The van der Waals surface area contributed by atoms with Gasteiger partial charge in [-0.3, -0.25) is 0 Å². The van der Waals surface area contributed by atoms with Crippen LogP contribution in [0.4, 0.5) is 0 Å². The molecule has 0 amide bonds. The second-order valence-electron chi connectivity index (χ2n) is 5.87. The van der Waals surface area contributed by atoms with E-state index in [-0.39, 0.29) is 0 Å². The highest BCUT2D eigenvalue weighted by atomic mass is 14.3. The molecule has 0 unspecified atom stereocenters. The Hall–Kier alpha value is 0. The molecule has 0 heterocycles. The minimum atomic E-state index is 0.562. The smallest absolute Gasteiger partial charge is 0.0354 e. The van der Waals surface area contributed by atoms with E-state index in [1.165, 1.54) is 51.4 Å². The Morgan fingerprint density at radius 2 is 1.33 bits per heavy atom. The van der Waals surface area contributed by atoms with Crippen LogP contribution in [0.5, 0.6) is 0 Å². The van der Waals surface area contributed by atoms with Gasteiger partial charge in [-0.25, -0.2) is 0 Å².